The number of thiazole rings is 1. The lowest BCUT2D eigenvalue weighted by Gasteiger charge is -2.31. The minimum absolute atomic E-state index is 0.156. The molecule has 0 aliphatic heterocycles. The molecule has 1 amide bonds. The summed E-state index contributed by atoms with van der Waals surface area (Å²) in [5.41, 5.74) is 2.40. The summed E-state index contributed by atoms with van der Waals surface area (Å²) in [6, 6.07) is 6.77. The van der Waals surface area contributed by atoms with Crippen LogP contribution in [0.25, 0.3) is 10.2 Å². The SMILES string of the molecule is CNC[C@@H](NC(=O)CCc1nc2ccc(C(C)C)cc2s1)C1CCCCC1. The van der Waals surface area contributed by atoms with Gasteiger partial charge in [-0.25, -0.2) is 4.98 Å². The second kappa shape index (κ2) is 9.65. The van der Waals surface area contributed by atoms with Crippen molar-refractivity contribution in [2.45, 2.75) is 70.8 Å². The van der Waals surface area contributed by atoms with Crippen molar-refractivity contribution in [2.75, 3.05) is 13.6 Å². The van der Waals surface area contributed by atoms with Gasteiger partial charge in [0.25, 0.3) is 0 Å². The van der Waals surface area contributed by atoms with Gasteiger partial charge in [-0.05, 0) is 49.4 Å². The molecule has 0 bridgehead atoms. The Hall–Kier alpha value is -1.46. The number of aromatic nitrogens is 1. The van der Waals surface area contributed by atoms with Crippen molar-refractivity contribution in [1.82, 2.24) is 15.6 Å². The first-order valence-electron chi connectivity index (χ1n) is 10.4. The molecule has 1 aromatic heterocycles. The quantitative estimate of drug-likeness (QED) is 0.694. The van der Waals surface area contributed by atoms with E-state index in [1.165, 1.54) is 42.4 Å². The molecule has 2 N–H and O–H groups in total. The van der Waals surface area contributed by atoms with E-state index in [0.29, 0.717) is 18.3 Å². The van der Waals surface area contributed by atoms with Crippen molar-refractivity contribution in [2.24, 2.45) is 5.92 Å². The summed E-state index contributed by atoms with van der Waals surface area (Å²) in [4.78, 5) is 17.3. The Morgan fingerprint density at radius 2 is 2.04 bits per heavy atom. The van der Waals surface area contributed by atoms with Crippen LogP contribution in [0.3, 0.4) is 0 Å². The third-order valence-corrected chi connectivity index (χ3v) is 6.76. The molecule has 0 spiro atoms. The highest BCUT2D eigenvalue weighted by atomic mass is 32.1. The van der Waals surface area contributed by atoms with Gasteiger partial charge in [0.05, 0.1) is 15.2 Å². The van der Waals surface area contributed by atoms with Gasteiger partial charge in [-0.15, -0.1) is 11.3 Å². The minimum atomic E-state index is 0.156. The first kappa shape index (κ1) is 20.3. The van der Waals surface area contributed by atoms with Gasteiger partial charge in [-0.3, -0.25) is 4.79 Å². The topological polar surface area (TPSA) is 54.0 Å². The van der Waals surface area contributed by atoms with E-state index in [1.807, 2.05) is 7.05 Å². The number of aryl methyl sites for hydroxylation is 1. The molecule has 148 valence electrons. The monoisotopic (exact) mass is 387 g/mol. The second-order valence-electron chi connectivity index (χ2n) is 8.12. The zero-order valence-corrected chi connectivity index (χ0v) is 17.7. The zero-order chi connectivity index (χ0) is 19.2. The summed E-state index contributed by atoms with van der Waals surface area (Å²) < 4.78 is 1.23. The van der Waals surface area contributed by atoms with Gasteiger partial charge in [0.1, 0.15) is 0 Å². The molecular weight excluding hydrogens is 354 g/mol. The maximum Gasteiger partial charge on any atom is 0.220 e. The number of hydrogen-bond donors (Lipinski definition) is 2. The van der Waals surface area contributed by atoms with Crippen molar-refractivity contribution < 1.29 is 4.79 Å². The Morgan fingerprint density at radius 1 is 1.26 bits per heavy atom. The average Bonchev–Trinajstić information content (AvgIpc) is 3.09. The molecule has 3 rings (SSSR count). The fourth-order valence-corrected chi connectivity index (χ4v) is 5.06. The van der Waals surface area contributed by atoms with Gasteiger partial charge < -0.3 is 10.6 Å². The molecule has 1 aliphatic rings. The van der Waals surface area contributed by atoms with Crippen LogP contribution in [0, 0.1) is 5.92 Å². The Morgan fingerprint density at radius 3 is 2.74 bits per heavy atom. The highest BCUT2D eigenvalue weighted by Gasteiger charge is 2.24. The molecule has 4 nitrogen and oxygen atoms in total. The molecule has 1 aliphatic carbocycles. The van der Waals surface area contributed by atoms with Gasteiger partial charge >= 0.3 is 0 Å². The van der Waals surface area contributed by atoms with Gasteiger partial charge in [0.15, 0.2) is 0 Å². The Labute approximate surface area is 167 Å². The van der Waals surface area contributed by atoms with Crippen LogP contribution in [-0.4, -0.2) is 30.5 Å². The molecule has 0 radical (unpaired) electrons. The number of fused-ring (bicyclic) bond motifs is 1. The lowest BCUT2D eigenvalue weighted by atomic mass is 9.83. The molecular formula is C22H33N3OS. The maximum absolute atomic E-state index is 12.5. The van der Waals surface area contributed by atoms with Crippen LogP contribution in [-0.2, 0) is 11.2 Å². The van der Waals surface area contributed by atoms with E-state index in [1.54, 1.807) is 11.3 Å². The van der Waals surface area contributed by atoms with Crippen LogP contribution in [0.2, 0.25) is 0 Å². The normalized spacial score (nSPS) is 16.7. The second-order valence-corrected chi connectivity index (χ2v) is 9.23. The van der Waals surface area contributed by atoms with Crippen LogP contribution in [0.15, 0.2) is 18.2 Å². The summed E-state index contributed by atoms with van der Waals surface area (Å²) in [6.45, 7) is 5.28. The number of amides is 1. The highest BCUT2D eigenvalue weighted by Crippen LogP contribution is 2.28. The maximum atomic E-state index is 12.5. The lowest BCUT2D eigenvalue weighted by molar-refractivity contribution is -0.122. The number of carbonyl (C=O) groups excluding carboxylic acids is 1. The van der Waals surface area contributed by atoms with Gasteiger partial charge in [0.2, 0.25) is 5.91 Å². The number of nitrogens with one attached hydrogen (secondary N) is 2. The molecule has 0 unspecified atom stereocenters. The summed E-state index contributed by atoms with van der Waals surface area (Å²) >= 11 is 1.72. The highest BCUT2D eigenvalue weighted by molar-refractivity contribution is 7.18. The number of hydrogen-bond acceptors (Lipinski definition) is 4. The summed E-state index contributed by atoms with van der Waals surface area (Å²) in [5.74, 6) is 1.30. The van der Waals surface area contributed by atoms with Gasteiger partial charge in [-0.1, -0.05) is 39.2 Å². The molecule has 27 heavy (non-hydrogen) atoms. The summed E-state index contributed by atoms with van der Waals surface area (Å²) in [7, 11) is 1.97. The van der Waals surface area contributed by atoms with Crippen molar-refractivity contribution in [1.29, 1.82) is 0 Å². The molecule has 1 saturated carbocycles. The number of benzene rings is 1. The van der Waals surface area contributed by atoms with Crippen LogP contribution in [0.1, 0.15) is 68.9 Å². The van der Waals surface area contributed by atoms with Crippen molar-refractivity contribution >= 4 is 27.5 Å². The van der Waals surface area contributed by atoms with Gasteiger partial charge in [0, 0.05) is 25.4 Å². The molecule has 1 atom stereocenters. The standard InChI is InChI=1S/C22H33N3OS/c1-15(2)17-9-10-18-20(13-17)27-22(25-18)12-11-21(26)24-19(14-23-3)16-7-5-4-6-8-16/h9-10,13,15-16,19,23H,4-8,11-12,14H2,1-3H3,(H,24,26)/t19-/m1/s1. The lowest BCUT2D eigenvalue weighted by Crippen LogP contribution is -2.46. The fraction of sp³-hybridized carbons (Fsp3) is 0.636. The van der Waals surface area contributed by atoms with Crippen molar-refractivity contribution in [3.8, 4) is 0 Å². The molecule has 2 aromatic rings. The van der Waals surface area contributed by atoms with E-state index < -0.39 is 0 Å². The number of carbonyl (C=O) groups is 1. The molecule has 1 heterocycles. The summed E-state index contributed by atoms with van der Waals surface area (Å²) in [6.07, 6.45) is 7.65. The van der Waals surface area contributed by atoms with Crippen molar-refractivity contribution in [3.05, 3.63) is 28.8 Å². The largest absolute Gasteiger partial charge is 0.352 e. The van der Waals surface area contributed by atoms with E-state index >= 15 is 0 Å². The minimum Gasteiger partial charge on any atom is -0.352 e. The number of likely N-dealkylation sites (N-methyl/N-ethyl adjacent to an activating group) is 1. The number of rotatable bonds is 8. The Bertz CT molecular complexity index is 749. The van der Waals surface area contributed by atoms with Crippen LogP contribution >= 0.6 is 11.3 Å². The predicted octanol–water partition coefficient (Wildman–Crippen LogP) is 4.64. The first-order valence-corrected chi connectivity index (χ1v) is 11.2. The van der Waals surface area contributed by atoms with E-state index in [4.69, 9.17) is 4.98 Å². The molecule has 5 heteroatoms. The van der Waals surface area contributed by atoms with Crippen LogP contribution in [0.5, 0.6) is 0 Å². The molecule has 1 fully saturated rings. The Kier molecular flexibility index (Phi) is 7.25. The zero-order valence-electron chi connectivity index (χ0n) is 16.9. The smallest absolute Gasteiger partial charge is 0.220 e. The first-order chi connectivity index (χ1) is 13.1. The Balaban J connectivity index is 1.56. The van der Waals surface area contributed by atoms with Crippen LogP contribution < -0.4 is 10.6 Å². The predicted molar refractivity (Wildman–Crippen MR) is 114 cm³/mol. The third-order valence-electron chi connectivity index (χ3n) is 5.68. The number of nitrogens with zero attached hydrogens (tertiary/aromatic N) is 1. The summed E-state index contributed by atoms with van der Waals surface area (Å²) in [5, 5.41) is 7.60. The van der Waals surface area contributed by atoms with E-state index in [0.717, 1.165) is 23.5 Å². The van der Waals surface area contributed by atoms with E-state index in [2.05, 4.69) is 42.7 Å². The van der Waals surface area contributed by atoms with E-state index in [-0.39, 0.29) is 11.9 Å². The van der Waals surface area contributed by atoms with Crippen LogP contribution in [0.4, 0.5) is 0 Å². The molecule has 1 aromatic carbocycles. The molecule has 0 saturated heterocycles. The fourth-order valence-electron chi connectivity index (χ4n) is 4.05. The van der Waals surface area contributed by atoms with Gasteiger partial charge in [-0.2, -0.15) is 0 Å². The average molecular weight is 388 g/mol. The third kappa shape index (κ3) is 5.52. The van der Waals surface area contributed by atoms with E-state index in [9.17, 15) is 4.79 Å². The van der Waals surface area contributed by atoms with Crippen molar-refractivity contribution in [3.63, 3.8) is 0 Å².